The van der Waals surface area contributed by atoms with Crippen molar-refractivity contribution in [3.8, 4) is 0 Å². The highest BCUT2D eigenvalue weighted by atomic mass is 16.3. The minimum atomic E-state index is 1.01. The van der Waals surface area contributed by atoms with Crippen molar-refractivity contribution in [3.63, 3.8) is 0 Å². The van der Waals surface area contributed by atoms with Crippen LogP contribution in [0.1, 0.15) is 18.2 Å². The van der Waals surface area contributed by atoms with E-state index in [1.54, 1.807) is 16.1 Å². The van der Waals surface area contributed by atoms with Crippen LogP contribution in [-0.4, -0.2) is 30.7 Å². The summed E-state index contributed by atoms with van der Waals surface area (Å²) in [4.78, 5) is 3.34. The quantitative estimate of drug-likeness (QED) is 0.548. The molecule has 0 bridgehead atoms. The molecular formula is C24H29N3O+2. The summed E-state index contributed by atoms with van der Waals surface area (Å²) in [7, 11) is 0. The van der Waals surface area contributed by atoms with Gasteiger partial charge in [-0.2, -0.15) is 0 Å². The molecule has 1 aliphatic rings. The van der Waals surface area contributed by atoms with E-state index in [4.69, 9.17) is 4.42 Å². The summed E-state index contributed by atoms with van der Waals surface area (Å²) in [5, 5.41) is 2.78. The molecule has 2 aromatic carbocycles. The van der Waals surface area contributed by atoms with Crippen molar-refractivity contribution in [1.82, 2.24) is 4.57 Å². The van der Waals surface area contributed by atoms with Gasteiger partial charge in [-0.15, -0.1) is 0 Å². The molecule has 2 N–H and O–H groups in total. The first kappa shape index (κ1) is 17.5. The number of para-hydroxylation sites is 1. The Labute approximate surface area is 165 Å². The van der Waals surface area contributed by atoms with E-state index in [1.165, 1.54) is 53.5 Å². The predicted octanol–water partition coefficient (Wildman–Crippen LogP) is 1.89. The highest BCUT2D eigenvalue weighted by molar-refractivity contribution is 6.08. The molecule has 0 spiro atoms. The Hall–Kier alpha value is -2.56. The SMILES string of the molecule is CCn1c2ccccc2c2cc(C[NH+]3CC[NH+](Cc4ccco4)CC3)ccc21. The third-order valence-electron chi connectivity index (χ3n) is 6.28. The second-order valence-electron chi connectivity index (χ2n) is 8.05. The van der Waals surface area contributed by atoms with Crippen molar-refractivity contribution in [2.45, 2.75) is 26.6 Å². The van der Waals surface area contributed by atoms with Gasteiger partial charge in [0.2, 0.25) is 0 Å². The standard InChI is InChI=1S/C24H27N3O/c1-2-27-23-8-4-3-7-21(23)22-16-19(9-10-24(22)27)17-25-11-13-26(14-12-25)18-20-6-5-15-28-20/h3-10,15-16H,2,11-14,17-18H2,1H3/p+2. The van der Waals surface area contributed by atoms with Crippen LogP contribution in [0.5, 0.6) is 0 Å². The van der Waals surface area contributed by atoms with Crippen LogP contribution in [0.2, 0.25) is 0 Å². The molecule has 0 aliphatic carbocycles. The van der Waals surface area contributed by atoms with Gasteiger partial charge in [-0.05, 0) is 37.3 Å². The topological polar surface area (TPSA) is 27.0 Å². The number of fused-ring (bicyclic) bond motifs is 3. The zero-order chi connectivity index (χ0) is 18.9. The van der Waals surface area contributed by atoms with E-state index < -0.39 is 0 Å². The molecule has 4 nitrogen and oxygen atoms in total. The summed E-state index contributed by atoms with van der Waals surface area (Å²) in [5.74, 6) is 1.11. The Balaban J connectivity index is 1.31. The first-order chi connectivity index (χ1) is 13.8. The average molecular weight is 376 g/mol. The summed E-state index contributed by atoms with van der Waals surface area (Å²) in [6.45, 7) is 10.3. The number of rotatable bonds is 5. The van der Waals surface area contributed by atoms with Crippen LogP contribution in [0.25, 0.3) is 21.8 Å². The summed E-state index contributed by atoms with van der Waals surface area (Å²) in [5.41, 5.74) is 4.16. The number of benzene rings is 2. The van der Waals surface area contributed by atoms with Crippen molar-refractivity contribution in [2.24, 2.45) is 0 Å². The van der Waals surface area contributed by atoms with Gasteiger partial charge < -0.3 is 18.8 Å². The molecule has 5 rings (SSSR count). The summed E-state index contributed by atoms with van der Waals surface area (Å²) >= 11 is 0. The molecule has 0 radical (unpaired) electrons. The second kappa shape index (κ2) is 7.46. The van der Waals surface area contributed by atoms with Crippen LogP contribution in [0.4, 0.5) is 0 Å². The van der Waals surface area contributed by atoms with Crippen molar-refractivity contribution in [1.29, 1.82) is 0 Å². The predicted molar refractivity (Wildman–Crippen MR) is 113 cm³/mol. The number of quaternary nitrogens is 2. The molecule has 4 aromatic rings. The monoisotopic (exact) mass is 375 g/mol. The first-order valence-corrected chi connectivity index (χ1v) is 10.5. The molecule has 0 unspecified atom stereocenters. The van der Waals surface area contributed by atoms with Crippen molar-refractivity contribution in [2.75, 3.05) is 26.2 Å². The van der Waals surface area contributed by atoms with Crippen LogP contribution >= 0.6 is 0 Å². The van der Waals surface area contributed by atoms with E-state index in [9.17, 15) is 0 Å². The highest BCUT2D eigenvalue weighted by Gasteiger charge is 2.24. The van der Waals surface area contributed by atoms with Crippen LogP contribution in [0, 0.1) is 0 Å². The lowest BCUT2D eigenvalue weighted by molar-refractivity contribution is -1.02. The third-order valence-corrected chi connectivity index (χ3v) is 6.28. The van der Waals surface area contributed by atoms with E-state index in [1.807, 2.05) is 6.07 Å². The molecule has 2 aromatic heterocycles. The Morgan fingerprint density at radius 1 is 0.821 bits per heavy atom. The van der Waals surface area contributed by atoms with E-state index in [0.717, 1.165) is 25.4 Å². The van der Waals surface area contributed by atoms with Crippen LogP contribution in [0.15, 0.2) is 65.3 Å². The van der Waals surface area contributed by atoms with E-state index >= 15 is 0 Å². The molecule has 1 aliphatic heterocycles. The molecule has 1 saturated heterocycles. The zero-order valence-corrected chi connectivity index (χ0v) is 16.6. The summed E-state index contributed by atoms with van der Waals surface area (Å²) < 4.78 is 7.94. The van der Waals surface area contributed by atoms with Crippen LogP contribution < -0.4 is 9.80 Å². The normalized spacial score (nSPS) is 20.2. The zero-order valence-electron chi connectivity index (χ0n) is 16.6. The number of aryl methyl sites for hydroxylation is 1. The number of aromatic nitrogens is 1. The summed E-state index contributed by atoms with van der Waals surface area (Å²) in [6, 6.07) is 20.0. The number of piperazine rings is 1. The summed E-state index contributed by atoms with van der Waals surface area (Å²) in [6.07, 6.45) is 1.78. The maximum absolute atomic E-state index is 5.52. The number of furan rings is 1. The minimum absolute atomic E-state index is 1.01. The Bertz CT molecular complexity index is 1070. The molecule has 4 heteroatoms. The maximum atomic E-state index is 5.52. The smallest absolute Gasteiger partial charge is 0.157 e. The van der Waals surface area contributed by atoms with Gasteiger partial charge in [0.25, 0.3) is 0 Å². The number of nitrogens with one attached hydrogen (secondary N) is 2. The maximum Gasteiger partial charge on any atom is 0.157 e. The van der Waals surface area contributed by atoms with Crippen LogP contribution in [0.3, 0.4) is 0 Å². The van der Waals surface area contributed by atoms with Gasteiger partial charge in [-0.3, -0.25) is 0 Å². The Morgan fingerprint density at radius 2 is 1.57 bits per heavy atom. The third kappa shape index (κ3) is 3.23. The Kier molecular flexibility index (Phi) is 4.67. The average Bonchev–Trinajstić information content (AvgIpc) is 3.35. The lowest BCUT2D eigenvalue weighted by Crippen LogP contribution is -3.27. The molecular weight excluding hydrogens is 346 g/mol. The lowest BCUT2D eigenvalue weighted by Gasteiger charge is -2.29. The Morgan fingerprint density at radius 3 is 2.32 bits per heavy atom. The van der Waals surface area contributed by atoms with Gasteiger partial charge in [0.15, 0.2) is 5.76 Å². The molecule has 0 amide bonds. The van der Waals surface area contributed by atoms with Crippen molar-refractivity contribution in [3.05, 3.63) is 72.2 Å². The van der Waals surface area contributed by atoms with Gasteiger partial charge in [0.05, 0.1) is 6.26 Å². The van der Waals surface area contributed by atoms with Gasteiger partial charge in [-0.25, -0.2) is 0 Å². The van der Waals surface area contributed by atoms with Gasteiger partial charge in [-0.1, -0.05) is 24.3 Å². The molecule has 1 fully saturated rings. The van der Waals surface area contributed by atoms with Gasteiger partial charge >= 0.3 is 0 Å². The number of nitrogens with zero attached hydrogens (tertiary/aromatic N) is 1. The molecule has 144 valence electrons. The van der Waals surface area contributed by atoms with E-state index in [0.29, 0.717) is 0 Å². The molecule has 28 heavy (non-hydrogen) atoms. The fraction of sp³-hybridized carbons (Fsp3) is 0.333. The van der Waals surface area contributed by atoms with E-state index in [2.05, 4.69) is 60.0 Å². The van der Waals surface area contributed by atoms with E-state index in [-0.39, 0.29) is 0 Å². The highest BCUT2D eigenvalue weighted by Crippen LogP contribution is 2.29. The number of hydrogen-bond donors (Lipinski definition) is 2. The first-order valence-electron chi connectivity index (χ1n) is 10.5. The van der Waals surface area contributed by atoms with Crippen molar-refractivity contribution >= 4 is 21.8 Å². The molecule has 0 atom stereocenters. The lowest BCUT2D eigenvalue weighted by atomic mass is 10.1. The second-order valence-corrected chi connectivity index (χ2v) is 8.05. The molecule has 0 saturated carbocycles. The van der Waals surface area contributed by atoms with Gasteiger partial charge in [0, 0.05) is 33.9 Å². The number of hydrogen-bond acceptors (Lipinski definition) is 1. The largest absolute Gasteiger partial charge is 0.463 e. The van der Waals surface area contributed by atoms with Crippen molar-refractivity contribution < 1.29 is 14.2 Å². The molecule has 3 heterocycles. The minimum Gasteiger partial charge on any atom is -0.463 e. The van der Waals surface area contributed by atoms with Crippen LogP contribution in [-0.2, 0) is 19.6 Å². The fourth-order valence-electron chi connectivity index (χ4n) is 4.81. The fourth-order valence-corrected chi connectivity index (χ4v) is 4.81. The van der Waals surface area contributed by atoms with Gasteiger partial charge in [0.1, 0.15) is 39.3 Å².